The predicted octanol–water partition coefficient (Wildman–Crippen LogP) is 2.48. The molecule has 132 valence electrons. The number of anilines is 2. The van der Waals surface area contributed by atoms with Gasteiger partial charge in [-0.25, -0.2) is 4.79 Å². The fourth-order valence-electron chi connectivity index (χ4n) is 3.41. The van der Waals surface area contributed by atoms with Crippen LogP contribution in [0.1, 0.15) is 32.1 Å². The molecule has 1 aliphatic heterocycles. The van der Waals surface area contributed by atoms with Crippen molar-refractivity contribution in [1.82, 2.24) is 5.32 Å². The van der Waals surface area contributed by atoms with E-state index in [1.54, 1.807) is 4.90 Å². The number of hydrogen-bond acceptors (Lipinski definition) is 3. The standard InChI is InChI=1S/C17H24N4O2.ClH/c18-15-7-2-1-4-12(15)10-16(22)20-13-5-3-6-14(11-13)21-9-8-19-17(21)23;/h3,5-6,11-12,15H,1-2,4,7-10,18H2,(H,19,23)(H,20,22);1H. The number of benzene rings is 1. The second-order valence-electron chi connectivity index (χ2n) is 6.39. The van der Waals surface area contributed by atoms with Gasteiger partial charge in [0.1, 0.15) is 0 Å². The van der Waals surface area contributed by atoms with Gasteiger partial charge in [-0.05, 0) is 37.0 Å². The molecule has 0 radical (unpaired) electrons. The molecule has 2 unspecified atom stereocenters. The molecule has 0 bridgehead atoms. The summed E-state index contributed by atoms with van der Waals surface area (Å²) in [6, 6.07) is 7.44. The van der Waals surface area contributed by atoms with Crippen LogP contribution in [0.4, 0.5) is 16.2 Å². The third-order valence-corrected chi connectivity index (χ3v) is 4.71. The number of carbonyl (C=O) groups excluding carboxylic acids is 2. The van der Waals surface area contributed by atoms with Crippen LogP contribution in [0.3, 0.4) is 0 Å². The first-order valence-corrected chi connectivity index (χ1v) is 8.34. The Morgan fingerprint density at radius 2 is 2.12 bits per heavy atom. The average Bonchev–Trinajstić information content (AvgIpc) is 2.96. The summed E-state index contributed by atoms with van der Waals surface area (Å²) in [5.74, 6) is 0.270. The number of nitrogens with zero attached hydrogens (tertiary/aromatic N) is 1. The number of carbonyl (C=O) groups is 2. The first-order valence-electron chi connectivity index (χ1n) is 8.34. The van der Waals surface area contributed by atoms with Gasteiger partial charge in [0.05, 0.1) is 0 Å². The van der Waals surface area contributed by atoms with Crippen molar-refractivity contribution < 1.29 is 9.59 Å². The summed E-state index contributed by atoms with van der Waals surface area (Å²) in [5.41, 5.74) is 7.63. The predicted molar refractivity (Wildman–Crippen MR) is 97.6 cm³/mol. The van der Waals surface area contributed by atoms with Crippen LogP contribution < -0.4 is 21.3 Å². The molecule has 2 aliphatic rings. The number of rotatable bonds is 4. The van der Waals surface area contributed by atoms with Crippen LogP contribution in [-0.2, 0) is 4.79 Å². The molecule has 6 nitrogen and oxygen atoms in total. The van der Waals surface area contributed by atoms with Gasteiger partial charge < -0.3 is 16.4 Å². The topological polar surface area (TPSA) is 87.5 Å². The fourth-order valence-corrected chi connectivity index (χ4v) is 3.41. The molecule has 1 saturated carbocycles. The molecule has 1 aromatic rings. The Labute approximate surface area is 148 Å². The number of halogens is 1. The number of hydrogen-bond donors (Lipinski definition) is 3. The lowest BCUT2D eigenvalue weighted by Crippen LogP contribution is -2.35. The SMILES string of the molecule is Cl.NC1CCCCC1CC(=O)Nc1cccc(N2CCNC2=O)c1. The summed E-state index contributed by atoms with van der Waals surface area (Å²) < 4.78 is 0. The minimum absolute atomic E-state index is 0. The van der Waals surface area contributed by atoms with Crippen LogP contribution in [0.25, 0.3) is 0 Å². The molecule has 24 heavy (non-hydrogen) atoms. The van der Waals surface area contributed by atoms with Crippen LogP contribution in [0.2, 0.25) is 0 Å². The smallest absolute Gasteiger partial charge is 0.321 e. The molecule has 2 fully saturated rings. The summed E-state index contributed by atoms with van der Waals surface area (Å²) >= 11 is 0. The highest BCUT2D eigenvalue weighted by molar-refractivity contribution is 5.96. The van der Waals surface area contributed by atoms with Crippen molar-refractivity contribution in [1.29, 1.82) is 0 Å². The summed E-state index contributed by atoms with van der Waals surface area (Å²) in [5, 5.41) is 5.71. The second kappa shape index (κ2) is 8.35. The minimum atomic E-state index is -0.0957. The molecular weight excluding hydrogens is 328 g/mol. The van der Waals surface area contributed by atoms with Gasteiger partial charge in [0.2, 0.25) is 5.91 Å². The molecule has 4 N–H and O–H groups in total. The lowest BCUT2D eigenvalue weighted by molar-refractivity contribution is -0.117. The molecule has 1 aliphatic carbocycles. The molecule has 0 aromatic heterocycles. The molecule has 3 rings (SSSR count). The van der Waals surface area contributed by atoms with Crippen LogP contribution in [0.15, 0.2) is 24.3 Å². The highest BCUT2D eigenvalue weighted by Crippen LogP contribution is 2.26. The van der Waals surface area contributed by atoms with Gasteiger partial charge >= 0.3 is 6.03 Å². The van der Waals surface area contributed by atoms with Crippen LogP contribution in [0.5, 0.6) is 0 Å². The van der Waals surface area contributed by atoms with E-state index < -0.39 is 0 Å². The highest BCUT2D eigenvalue weighted by atomic mass is 35.5. The summed E-state index contributed by atoms with van der Waals surface area (Å²) in [4.78, 5) is 25.7. The van der Waals surface area contributed by atoms with E-state index in [4.69, 9.17) is 5.73 Å². The summed E-state index contributed by atoms with van der Waals surface area (Å²) in [6.45, 7) is 1.29. The van der Waals surface area contributed by atoms with Gasteiger partial charge in [-0.1, -0.05) is 18.9 Å². The molecule has 1 aromatic carbocycles. The lowest BCUT2D eigenvalue weighted by atomic mass is 9.83. The lowest BCUT2D eigenvalue weighted by Gasteiger charge is -2.28. The van der Waals surface area contributed by atoms with Crippen LogP contribution >= 0.6 is 12.4 Å². The van der Waals surface area contributed by atoms with E-state index in [9.17, 15) is 9.59 Å². The van der Waals surface area contributed by atoms with Gasteiger partial charge in [-0.15, -0.1) is 12.4 Å². The van der Waals surface area contributed by atoms with Crippen LogP contribution in [0, 0.1) is 5.92 Å². The van der Waals surface area contributed by atoms with Gasteiger partial charge in [-0.2, -0.15) is 0 Å². The zero-order valence-electron chi connectivity index (χ0n) is 13.7. The Hall–Kier alpha value is -1.79. The van der Waals surface area contributed by atoms with E-state index in [-0.39, 0.29) is 36.3 Å². The van der Waals surface area contributed by atoms with Crippen molar-refractivity contribution in [2.45, 2.75) is 38.1 Å². The van der Waals surface area contributed by atoms with E-state index in [2.05, 4.69) is 10.6 Å². The average molecular weight is 353 g/mol. The Kier molecular flexibility index (Phi) is 6.45. The minimum Gasteiger partial charge on any atom is -0.336 e. The van der Waals surface area contributed by atoms with Crippen molar-refractivity contribution in [3.8, 4) is 0 Å². The van der Waals surface area contributed by atoms with Crippen molar-refractivity contribution >= 4 is 35.7 Å². The van der Waals surface area contributed by atoms with Gasteiger partial charge in [0.25, 0.3) is 0 Å². The maximum absolute atomic E-state index is 12.3. The van der Waals surface area contributed by atoms with E-state index >= 15 is 0 Å². The van der Waals surface area contributed by atoms with Crippen molar-refractivity contribution in [3.05, 3.63) is 24.3 Å². The molecule has 3 amide bonds. The molecule has 1 heterocycles. The maximum Gasteiger partial charge on any atom is 0.321 e. The fraction of sp³-hybridized carbons (Fsp3) is 0.529. The molecule has 0 spiro atoms. The number of amides is 3. The van der Waals surface area contributed by atoms with Crippen LogP contribution in [-0.4, -0.2) is 31.1 Å². The zero-order chi connectivity index (χ0) is 16.2. The van der Waals surface area contributed by atoms with Crippen molar-refractivity contribution in [2.24, 2.45) is 11.7 Å². The normalized spacial score (nSPS) is 23.4. The van der Waals surface area contributed by atoms with E-state index in [0.29, 0.717) is 19.5 Å². The number of nitrogens with one attached hydrogen (secondary N) is 2. The maximum atomic E-state index is 12.3. The van der Waals surface area contributed by atoms with E-state index in [1.165, 1.54) is 6.42 Å². The first kappa shape index (κ1) is 18.5. The third-order valence-electron chi connectivity index (χ3n) is 4.71. The molecule has 2 atom stereocenters. The summed E-state index contributed by atoms with van der Waals surface area (Å²) in [6.07, 6.45) is 4.83. The number of nitrogens with two attached hydrogens (primary N) is 1. The highest BCUT2D eigenvalue weighted by Gasteiger charge is 2.24. The van der Waals surface area contributed by atoms with Gasteiger partial charge in [-0.3, -0.25) is 9.69 Å². The van der Waals surface area contributed by atoms with Crippen molar-refractivity contribution in [2.75, 3.05) is 23.3 Å². The number of urea groups is 1. The Bertz CT molecular complexity index is 596. The van der Waals surface area contributed by atoms with Crippen molar-refractivity contribution in [3.63, 3.8) is 0 Å². The Morgan fingerprint density at radius 1 is 1.33 bits per heavy atom. The zero-order valence-corrected chi connectivity index (χ0v) is 14.5. The monoisotopic (exact) mass is 352 g/mol. The van der Waals surface area contributed by atoms with Gasteiger partial charge in [0, 0.05) is 36.9 Å². The molecule has 7 heteroatoms. The van der Waals surface area contributed by atoms with E-state index in [0.717, 1.165) is 30.6 Å². The first-order chi connectivity index (χ1) is 11.1. The second-order valence-corrected chi connectivity index (χ2v) is 6.39. The molecule has 1 saturated heterocycles. The van der Waals surface area contributed by atoms with E-state index in [1.807, 2.05) is 24.3 Å². The quantitative estimate of drug-likeness (QED) is 0.777. The molecular formula is C17H25ClN4O2. The Balaban J connectivity index is 0.00000208. The largest absolute Gasteiger partial charge is 0.336 e. The Morgan fingerprint density at radius 3 is 2.83 bits per heavy atom. The third kappa shape index (κ3) is 4.39. The van der Waals surface area contributed by atoms with Gasteiger partial charge in [0.15, 0.2) is 0 Å². The summed E-state index contributed by atoms with van der Waals surface area (Å²) in [7, 11) is 0.